The maximum absolute atomic E-state index is 11.1. The van der Waals surface area contributed by atoms with Crippen molar-refractivity contribution in [1.82, 2.24) is 0 Å². The van der Waals surface area contributed by atoms with Gasteiger partial charge in [-0.3, -0.25) is 10.1 Å². The van der Waals surface area contributed by atoms with Crippen molar-refractivity contribution < 1.29 is 14.5 Å². The Hall–Kier alpha value is -1.04. The average Bonchev–Trinajstić information content (AvgIpc) is 2.52. The highest BCUT2D eigenvalue weighted by Gasteiger charge is 2.53. The van der Waals surface area contributed by atoms with Gasteiger partial charge in [0.25, 0.3) is 0 Å². The number of hydrogen-bond donors (Lipinski definition) is 0. The number of nitrogens with zero attached hydrogens (tertiary/aromatic N) is 1. The summed E-state index contributed by atoms with van der Waals surface area (Å²) in [6.07, 6.45) is 1.68. The van der Waals surface area contributed by atoms with E-state index in [2.05, 4.69) is 4.74 Å². The third-order valence-corrected chi connectivity index (χ3v) is 2.75. The second kappa shape index (κ2) is 3.14. The first kappa shape index (κ1) is 9.05. The highest BCUT2D eigenvalue weighted by atomic mass is 32.2. The number of nitro groups is 1. The molecule has 0 fully saturated rings. The molecule has 1 aliphatic heterocycles. The summed E-state index contributed by atoms with van der Waals surface area (Å²) in [5, 5.41) is 12.1. The van der Waals surface area contributed by atoms with Gasteiger partial charge in [-0.15, -0.1) is 0 Å². The lowest BCUT2D eigenvalue weighted by Gasteiger charge is -2.14. The van der Waals surface area contributed by atoms with Crippen LogP contribution < -0.4 is 0 Å². The van der Waals surface area contributed by atoms with Crippen LogP contribution >= 0.6 is 11.8 Å². The minimum Gasteiger partial charge on any atom is -0.463 e. The van der Waals surface area contributed by atoms with Crippen LogP contribution in [-0.2, 0) is 9.53 Å². The molecule has 6 heteroatoms. The van der Waals surface area contributed by atoms with Gasteiger partial charge in [0.15, 0.2) is 0 Å². The van der Waals surface area contributed by atoms with E-state index in [4.69, 9.17) is 0 Å². The predicted molar refractivity (Wildman–Crippen MR) is 43.1 cm³/mol. The van der Waals surface area contributed by atoms with E-state index >= 15 is 0 Å². The second-order valence-electron chi connectivity index (χ2n) is 2.23. The van der Waals surface area contributed by atoms with Gasteiger partial charge in [-0.2, -0.15) is 0 Å². The predicted octanol–water partition coefficient (Wildman–Crippen LogP) is 0.783. The zero-order valence-electron chi connectivity index (χ0n) is 6.35. The van der Waals surface area contributed by atoms with Gasteiger partial charge < -0.3 is 4.74 Å². The van der Waals surface area contributed by atoms with Gasteiger partial charge in [-0.05, 0) is 17.2 Å². The molecular weight excluding hydrogens is 182 g/mol. The molecule has 0 N–H and O–H groups in total. The van der Waals surface area contributed by atoms with Crippen LogP contribution in [0.4, 0.5) is 0 Å². The lowest BCUT2D eigenvalue weighted by molar-refractivity contribution is -0.523. The van der Waals surface area contributed by atoms with Gasteiger partial charge in [-0.1, -0.05) is 6.08 Å². The molecule has 12 heavy (non-hydrogen) atoms. The quantitative estimate of drug-likeness (QED) is 0.365. The Morgan fingerprint density at radius 3 is 2.83 bits per heavy atom. The number of esters is 1. The van der Waals surface area contributed by atoms with Gasteiger partial charge in [0.05, 0.1) is 18.5 Å². The van der Waals surface area contributed by atoms with E-state index in [1.807, 2.05) is 0 Å². The molecule has 1 atom stereocenters. The molecule has 1 unspecified atom stereocenters. The number of methoxy groups -OCH3 is 1. The Balaban J connectivity index is 2.88. The molecule has 0 saturated carbocycles. The maximum Gasteiger partial charge on any atom is 0.396 e. The van der Waals surface area contributed by atoms with Crippen LogP contribution in [0.1, 0.15) is 6.42 Å². The van der Waals surface area contributed by atoms with Crippen LogP contribution in [0.15, 0.2) is 11.5 Å². The number of carbonyl (C=O) groups is 1. The van der Waals surface area contributed by atoms with Crippen LogP contribution in [0.25, 0.3) is 0 Å². The molecule has 1 aliphatic rings. The molecule has 1 rings (SSSR count). The van der Waals surface area contributed by atoms with Gasteiger partial charge in [0.1, 0.15) is 0 Å². The van der Waals surface area contributed by atoms with E-state index in [0.717, 1.165) is 18.9 Å². The molecule has 0 aliphatic carbocycles. The first-order chi connectivity index (χ1) is 5.63. The normalized spacial score (nSPS) is 27.1. The third-order valence-electron chi connectivity index (χ3n) is 1.55. The maximum atomic E-state index is 11.1. The van der Waals surface area contributed by atoms with E-state index in [0.29, 0.717) is 0 Å². The van der Waals surface area contributed by atoms with Crippen LogP contribution in [0.3, 0.4) is 0 Å². The molecule has 0 aromatic carbocycles. The minimum atomic E-state index is -1.63. The monoisotopic (exact) mass is 189 g/mol. The molecule has 0 bridgehead atoms. The van der Waals surface area contributed by atoms with E-state index in [1.165, 1.54) is 0 Å². The summed E-state index contributed by atoms with van der Waals surface area (Å²) in [5.74, 6) is -0.803. The fourth-order valence-corrected chi connectivity index (χ4v) is 1.78. The molecule has 0 radical (unpaired) electrons. The van der Waals surface area contributed by atoms with Gasteiger partial charge in [0.2, 0.25) is 0 Å². The SMILES string of the molecule is COC(=O)C1([N+](=O)[O-])CC=CS1. The van der Waals surface area contributed by atoms with Crippen molar-refractivity contribution in [2.75, 3.05) is 7.11 Å². The van der Waals surface area contributed by atoms with E-state index in [-0.39, 0.29) is 6.42 Å². The Labute approximate surface area is 72.9 Å². The summed E-state index contributed by atoms with van der Waals surface area (Å²) < 4.78 is 4.36. The van der Waals surface area contributed by atoms with Crippen LogP contribution in [0, 0.1) is 10.1 Å². The van der Waals surface area contributed by atoms with Crippen LogP contribution in [0.2, 0.25) is 0 Å². The zero-order chi connectivity index (χ0) is 9.19. The van der Waals surface area contributed by atoms with Crippen molar-refractivity contribution in [2.24, 2.45) is 0 Å². The molecule has 0 spiro atoms. The molecule has 1 heterocycles. The van der Waals surface area contributed by atoms with Crippen LogP contribution in [0.5, 0.6) is 0 Å². The Kier molecular flexibility index (Phi) is 2.37. The lowest BCUT2D eigenvalue weighted by atomic mass is 10.2. The smallest absolute Gasteiger partial charge is 0.396 e. The van der Waals surface area contributed by atoms with Crippen LogP contribution in [-0.4, -0.2) is 22.9 Å². The summed E-state index contributed by atoms with van der Waals surface area (Å²) in [5.41, 5.74) is 0. The topological polar surface area (TPSA) is 69.4 Å². The molecular formula is C6H7NO4S. The standard InChI is InChI=1S/C6H7NO4S/c1-11-5(8)6(7(9)10)3-2-4-12-6/h2,4H,3H2,1H3. The second-order valence-corrected chi connectivity index (χ2v) is 3.41. The van der Waals surface area contributed by atoms with Crippen molar-refractivity contribution in [3.63, 3.8) is 0 Å². The number of thioether (sulfide) groups is 1. The Bertz CT molecular complexity index is 242. The third kappa shape index (κ3) is 1.18. The Morgan fingerprint density at radius 2 is 2.50 bits per heavy atom. The fourth-order valence-electron chi connectivity index (χ4n) is 0.900. The van der Waals surface area contributed by atoms with Crippen molar-refractivity contribution >= 4 is 17.7 Å². The molecule has 0 amide bonds. The van der Waals surface area contributed by atoms with Gasteiger partial charge in [-0.25, -0.2) is 4.79 Å². The molecule has 0 saturated heterocycles. The van der Waals surface area contributed by atoms with E-state index in [1.54, 1.807) is 11.5 Å². The van der Waals surface area contributed by atoms with Gasteiger partial charge >= 0.3 is 10.8 Å². The molecule has 66 valence electrons. The highest BCUT2D eigenvalue weighted by Crippen LogP contribution is 2.37. The Morgan fingerprint density at radius 1 is 1.83 bits per heavy atom. The average molecular weight is 189 g/mol. The summed E-state index contributed by atoms with van der Waals surface area (Å²) in [6, 6.07) is 0. The fraction of sp³-hybridized carbons (Fsp3) is 0.500. The largest absolute Gasteiger partial charge is 0.463 e. The van der Waals surface area contributed by atoms with Crippen molar-refractivity contribution in [3.05, 3.63) is 21.6 Å². The van der Waals surface area contributed by atoms with Crippen molar-refractivity contribution in [3.8, 4) is 0 Å². The number of carbonyl (C=O) groups excluding carboxylic acids is 1. The van der Waals surface area contributed by atoms with E-state index in [9.17, 15) is 14.9 Å². The number of ether oxygens (including phenoxy) is 1. The first-order valence-corrected chi connectivity index (χ1v) is 4.07. The van der Waals surface area contributed by atoms with Crippen molar-refractivity contribution in [2.45, 2.75) is 11.3 Å². The minimum absolute atomic E-state index is 0.0946. The molecule has 5 nitrogen and oxygen atoms in total. The van der Waals surface area contributed by atoms with E-state index < -0.39 is 15.8 Å². The molecule has 0 aromatic heterocycles. The highest BCUT2D eigenvalue weighted by molar-refractivity contribution is 8.04. The number of hydrogen-bond acceptors (Lipinski definition) is 5. The van der Waals surface area contributed by atoms with Crippen molar-refractivity contribution in [1.29, 1.82) is 0 Å². The summed E-state index contributed by atoms with van der Waals surface area (Å²) >= 11 is 0.876. The lowest BCUT2D eigenvalue weighted by Crippen LogP contribution is -2.41. The zero-order valence-corrected chi connectivity index (χ0v) is 7.17. The number of rotatable bonds is 2. The molecule has 0 aromatic rings. The summed E-state index contributed by atoms with van der Waals surface area (Å²) in [4.78, 5) is 19.4. The van der Waals surface area contributed by atoms with Gasteiger partial charge in [0, 0.05) is 0 Å². The summed E-state index contributed by atoms with van der Waals surface area (Å²) in [7, 11) is 1.15. The first-order valence-electron chi connectivity index (χ1n) is 3.19. The summed E-state index contributed by atoms with van der Waals surface area (Å²) in [6.45, 7) is 0.